The van der Waals surface area contributed by atoms with Gasteiger partial charge in [-0.15, -0.1) is 0 Å². The van der Waals surface area contributed by atoms with E-state index in [9.17, 15) is 9.18 Å². The molecule has 1 amide bonds. The average molecular weight is 303 g/mol. The second kappa shape index (κ2) is 7.40. The minimum absolute atomic E-state index is 0.131. The molecule has 1 rings (SSSR count). The van der Waals surface area contributed by atoms with Gasteiger partial charge >= 0.3 is 0 Å². The van der Waals surface area contributed by atoms with Crippen molar-refractivity contribution < 1.29 is 9.18 Å². The molecule has 0 aliphatic heterocycles. The molecule has 6 heteroatoms. The molecular formula is C13H16ClFN2OS. The second-order valence-electron chi connectivity index (χ2n) is 4.19. The standard InChI is InChI=1S/C13H16ClFN2OS/c1-2-4-11(13(16)19)17-12(18)7-8-9(14)5-3-6-10(8)15/h3,5-6,11H,2,4,7H2,1H3,(H2,16,19)(H,17,18). The van der Waals surface area contributed by atoms with E-state index in [-0.39, 0.29) is 33.9 Å². The Labute approximate surface area is 122 Å². The number of nitrogens with two attached hydrogens (primary N) is 1. The van der Waals surface area contributed by atoms with E-state index in [4.69, 9.17) is 29.6 Å². The van der Waals surface area contributed by atoms with Crippen molar-refractivity contribution in [1.29, 1.82) is 0 Å². The maximum Gasteiger partial charge on any atom is 0.225 e. The summed E-state index contributed by atoms with van der Waals surface area (Å²) in [5.74, 6) is -0.844. The number of hydrogen-bond acceptors (Lipinski definition) is 2. The van der Waals surface area contributed by atoms with Crippen LogP contribution in [-0.4, -0.2) is 16.9 Å². The molecule has 19 heavy (non-hydrogen) atoms. The van der Waals surface area contributed by atoms with Crippen LogP contribution < -0.4 is 11.1 Å². The molecule has 1 atom stereocenters. The summed E-state index contributed by atoms with van der Waals surface area (Å²) in [6, 6.07) is 3.95. The molecule has 0 bridgehead atoms. The molecule has 0 radical (unpaired) electrons. The van der Waals surface area contributed by atoms with Gasteiger partial charge in [-0.3, -0.25) is 4.79 Å². The van der Waals surface area contributed by atoms with Crippen LogP contribution in [0.4, 0.5) is 4.39 Å². The normalized spacial score (nSPS) is 11.9. The van der Waals surface area contributed by atoms with Gasteiger partial charge in [0.1, 0.15) is 5.82 Å². The van der Waals surface area contributed by atoms with Crippen LogP contribution in [0.25, 0.3) is 0 Å². The van der Waals surface area contributed by atoms with Crippen LogP contribution in [0.3, 0.4) is 0 Å². The first-order valence-corrected chi connectivity index (χ1v) is 6.75. The fourth-order valence-corrected chi connectivity index (χ4v) is 2.09. The summed E-state index contributed by atoms with van der Waals surface area (Å²) in [7, 11) is 0. The fourth-order valence-electron chi connectivity index (χ4n) is 1.68. The van der Waals surface area contributed by atoms with Gasteiger partial charge in [0.15, 0.2) is 0 Å². The zero-order valence-corrected chi connectivity index (χ0v) is 12.2. The fraction of sp³-hybridized carbons (Fsp3) is 0.385. The first-order valence-electron chi connectivity index (χ1n) is 5.97. The van der Waals surface area contributed by atoms with E-state index < -0.39 is 5.82 Å². The highest BCUT2D eigenvalue weighted by atomic mass is 35.5. The zero-order valence-electron chi connectivity index (χ0n) is 10.6. The maximum absolute atomic E-state index is 13.5. The summed E-state index contributed by atoms with van der Waals surface area (Å²) < 4.78 is 13.5. The number of carbonyl (C=O) groups excluding carboxylic acids is 1. The Morgan fingerprint density at radius 2 is 2.26 bits per heavy atom. The van der Waals surface area contributed by atoms with E-state index in [1.54, 1.807) is 6.07 Å². The van der Waals surface area contributed by atoms with Gasteiger partial charge in [-0.25, -0.2) is 4.39 Å². The Bertz CT molecular complexity index is 461. The molecule has 3 nitrogen and oxygen atoms in total. The molecular weight excluding hydrogens is 287 g/mol. The van der Waals surface area contributed by atoms with Gasteiger partial charge in [0.25, 0.3) is 0 Å². The molecule has 0 fully saturated rings. The third-order valence-corrected chi connectivity index (χ3v) is 3.29. The minimum Gasteiger partial charge on any atom is -0.392 e. The Morgan fingerprint density at radius 3 is 2.79 bits per heavy atom. The van der Waals surface area contributed by atoms with Gasteiger partial charge < -0.3 is 11.1 Å². The summed E-state index contributed by atoms with van der Waals surface area (Å²) in [5, 5.41) is 2.92. The number of benzene rings is 1. The lowest BCUT2D eigenvalue weighted by atomic mass is 10.1. The van der Waals surface area contributed by atoms with Crippen LogP contribution in [0.2, 0.25) is 5.02 Å². The number of thiocarbonyl (C=S) groups is 1. The minimum atomic E-state index is -0.495. The number of nitrogens with one attached hydrogen (secondary N) is 1. The van der Waals surface area contributed by atoms with E-state index in [0.29, 0.717) is 6.42 Å². The van der Waals surface area contributed by atoms with E-state index in [0.717, 1.165) is 6.42 Å². The largest absolute Gasteiger partial charge is 0.392 e. The topological polar surface area (TPSA) is 55.1 Å². The summed E-state index contributed by atoms with van der Waals surface area (Å²) in [6.45, 7) is 1.96. The molecule has 0 aliphatic carbocycles. The summed E-state index contributed by atoms with van der Waals surface area (Å²) in [4.78, 5) is 12.1. The van der Waals surface area contributed by atoms with Crippen LogP contribution in [0, 0.1) is 5.82 Å². The lowest BCUT2D eigenvalue weighted by Crippen LogP contribution is -2.44. The molecule has 0 saturated carbocycles. The lowest BCUT2D eigenvalue weighted by molar-refractivity contribution is -0.120. The molecule has 1 aromatic rings. The Balaban J connectivity index is 2.72. The second-order valence-corrected chi connectivity index (χ2v) is 5.07. The molecule has 0 spiro atoms. The van der Waals surface area contributed by atoms with Gasteiger partial charge in [-0.2, -0.15) is 0 Å². The number of rotatable bonds is 6. The maximum atomic E-state index is 13.5. The van der Waals surface area contributed by atoms with Gasteiger partial charge in [0.2, 0.25) is 5.91 Å². The van der Waals surface area contributed by atoms with Gasteiger partial charge in [0.05, 0.1) is 17.5 Å². The van der Waals surface area contributed by atoms with Gasteiger partial charge in [0, 0.05) is 10.6 Å². The monoisotopic (exact) mass is 302 g/mol. The Kier molecular flexibility index (Phi) is 6.18. The molecule has 1 unspecified atom stereocenters. The molecule has 1 aromatic carbocycles. The predicted octanol–water partition coefficient (Wildman–Crippen LogP) is 2.59. The van der Waals surface area contributed by atoms with Crippen LogP contribution in [0.15, 0.2) is 18.2 Å². The van der Waals surface area contributed by atoms with Gasteiger partial charge in [-0.05, 0) is 18.6 Å². The van der Waals surface area contributed by atoms with Crippen LogP contribution in [-0.2, 0) is 11.2 Å². The summed E-state index contributed by atoms with van der Waals surface area (Å²) >= 11 is 10.7. The highest BCUT2D eigenvalue weighted by Gasteiger charge is 2.17. The van der Waals surface area contributed by atoms with Crippen LogP contribution in [0.1, 0.15) is 25.3 Å². The highest BCUT2D eigenvalue weighted by molar-refractivity contribution is 7.80. The van der Waals surface area contributed by atoms with E-state index in [1.165, 1.54) is 12.1 Å². The first kappa shape index (κ1) is 15.9. The van der Waals surface area contributed by atoms with E-state index in [2.05, 4.69) is 5.32 Å². The van der Waals surface area contributed by atoms with Crippen molar-refractivity contribution in [3.8, 4) is 0 Å². The first-order chi connectivity index (χ1) is 8.95. The van der Waals surface area contributed by atoms with Crippen molar-refractivity contribution in [2.45, 2.75) is 32.2 Å². The Hall–Kier alpha value is -1.20. The predicted molar refractivity (Wildman–Crippen MR) is 78.7 cm³/mol. The highest BCUT2D eigenvalue weighted by Crippen LogP contribution is 2.19. The summed E-state index contributed by atoms with van der Waals surface area (Å²) in [6.07, 6.45) is 1.36. The lowest BCUT2D eigenvalue weighted by Gasteiger charge is -2.17. The Morgan fingerprint density at radius 1 is 1.58 bits per heavy atom. The summed E-state index contributed by atoms with van der Waals surface area (Å²) in [5.41, 5.74) is 5.72. The zero-order chi connectivity index (χ0) is 14.4. The number of halogens is 2. The third-order valence-electron chi connectivity index (χ3n) is 2.66. The third kappa shape index (κ3) is 4.76. The van der Waals surface area contributed by atoms with Gasteiger partial charge in [-0.1, -0.05) is 43.2 Å². The molecule has 0 saturated heterocycles. The van der Waals surface area contributed by atoms with E-state index in [1.807, 2.05) is 6.92 Å². The van der Waals surface area contributed by atoms with Crippen molar-refractivity contribution in [1.82, 2.24) is 5.32 Å². The molecule has 0 heterocycles. The van der Waals surface area contributed by atoms with Crippen LogP contribution in [0.5, 0.6) is 0 Å². The van der Waals surface area contributed by atoms with Crippen molar-refractivity contribution in [3.63, 3.8) is 0 Å². The van der Waals surface area contributed by atoms with Crippen molar-refractivity contribution >= 4 is 34.7 Å². The number of amides is 1. The molecule has 0 aliphatic rings. The van der Waals surface area contributed by atoms with Crippen LogP contribution >= 0.6 is 23.8 Å². The number of hydrogen-bond donors (Lipinski definition) is 2. The van der Waals surface area contributed by atoms with Crippen molar-refractivity contribution in [2.24, 2.45) is 5.73 Å². The smallest absolute Gasteiger partial charge is 0.225 e. The van der Waals surface area contributed by atoms with Crippen molar-refractivity contribution in [2.75, 3.05) is 0 Å². The van der Waals surface area contributed by atoms with Crippen molar-refractivity contribution in [3.05, 3.63) is 34.6 Å². The van der Waals surface area contributed by atoms with E-state index >= 15 is 0 Å². The average Bonchev–Trinajstić information content (AvgIpc) is 2.33. The molecule has 104 valence electrons. The SMILES string of the molecule is CCCC(NC(=O)Cc1c(F)cccc1Cl)C(N)=S. The molecule has 3 N–H and O–H groups in total. The number of carbonyl (C=O) groups is 1. The quantitative estimate of drug-likeness (QED) is 0.794. The molecule has 0 aromatic heterocycles.